The van der Waals surface area contributed by atoms with Crippen molar-refractivity contribution in [1.82, 2.24) is 0 Å². The van der Waals surface area contributed by atoms with Crippen molar-refractivity contribution in [3.63, 3.8) is 0 Å². The number of hydrogen-bond acceptors (Lipinski definition) is 2. The molecule has 1 fully saturated rings. The molecule has 0 saturated heterocycles. The molecule has 0 spiro atoms. The molecule has 18 heavy (non-hydrogen) atoms. The number of ether oxygens (including phenoxy) is 1. The summed E-state index contributed by atoms with van der Waals surface area (Å²) in [5.41, 5.74) is 4.49. The second kappa shape index (κ2) is 5.95. The van der Waals surface area contributed by atoms with E-state index in [4.69, 9.17) is 4.74 Å². The largest absolute Gasteiger partial charge is 0.491 e. The Morgan fingerprint density at radius 3 is 2.67 bits per heavy atom. The van der Waals surface area contributed by atoms with Gasteiger partial charge in [0.2, 0.25) is 0 Å². The van der Waals surface area contributed by atoms with Crippen LogP contribution in [0.5, 0.6) is 5.75 Å². The van der Waals surface area contributed by atoms with Gasteiger partial charge in [-0.3, -0.25) is 0 Å². The molecule has 2 rings (SSSR count). The van der Waals surface area contributed by atoms with Crippen molar-refractivity contribution in [3.8, 4) is 17.2 Å². The van der Waals surface area contributed by atoms with Crippen LogP contribution in [0.1, 0.15) is 31.2 Å². The van der Waals surface area contributed by atoms with Gasteiger partial charge < -0.3 is 4.74 Å². The van der Waals surface area contributed by atoms with Gasteiger partial charge in [0.15, 0.2) is 0 Å². The lowest BCUT2D eigenvalue weighted by Crippen LogP contribution is -2.16. The highest BCUT2D eigenvalue weighted by Crippen LogP contribution is 2.28. The molecule has 1 aliphatic carbocycles. The molecule has 1 aliphatic rings. The SMILES string of the molecule is C[Si](C)(C)C#Cc1cscc1OCC1CCCC1. The molecule has 0 N–H and O–H groups in total. The molecule has 0 aromatic carbocycles. The first kappa shape index (κ1) is 13.7. The number of thiophene rings is 1. The number of hydrogen-bond donors (Lipinski definition) is 0. The van der Waals surface area contributed by atoms with Gasteiger partial charge in [-0.2, -0.15) is 0 Å². The Balaban J connectivity index is 1.96. The van der Waals surface area contributed by atoms with E-state index < -0.39 is 8.07 Å². The third kappa shape index (κ3) is 4.19. The summed E-state index contributed by atoms with van der Waals surface area (Å²) in [6, 6.07) is 0. The zero-order valence-electron chi connectivity index (χ0n) is 11.6. The standard InChI is InChI=1S/C15H22OSSi/c1-18(2,3)9-8-14-11-17-12-15(14)16-10-13-6-4-5-7-13/h11-13H,4-7,10H2,1-3H3. The molecule has 1 saturated carbocycles. The minimum Gasteiger partial charge on any atom is -0.491 e. The first-order valence-corrected chi connectivity index (χ1v) is 11.2. The summed E-state index contributed by atoms with van der Waals surface area (Å²) in [4.78, 5) is 0. The Kier molecular flexibility index (Phi) is 4.53. The van der Waals surface area contributed by atoms with Gasteiger partial charge in [-0.25, -0.2) is 0 Å². The molecule has 0 radical (unpaired) electrons. The zero-order chi connectivity index (χ0) is 13.0. The first-order valence-electron chi connectivity index (χ1n) is 6.77. The van der Waals surface area contributed by atoms with Gasteiger partial charge in [0, 0.05) is 10.8 Å². The lowest BCUT2D eigenvalue weighted by Gasteiger charge is -2.10. The second-order valence-electron chi connectivity index (χ2n) is 6.11. The molecule has 0 amide bonds. The van der Waals surface area contributed by atoms with Crippen LogP contribution in [0, 0.1) is 17.4 Å². The van der Waals surface area contributed by atoms with Crippen molar-refractivity contribution in [2.24, 2.45) is 5.92 Å². The molecular weight excluding hydrogens is 256 g/mol. The van der Waals surface area contributed by atoms with Crippen LogP contribution >= 0.6 is 11.3 Å². The van der Waals surface area contributed by atoms with Gasteiger partial charge in [0.1, 0.15) is 13.8 Å². The summed E-state index contributed by atoms with van der Waals surface area (Å²) in [6.07, 6.45) is 5.42. The van der Waals surface area contributed by atoms with Gasteiger partial charge >= 0.3 is 0 Å². The minimum absolute atomic E-state index is 0.766. The third-order valence-electron chi connectivity index (χ3n) is 3.15. The lowest BCUT2D eigenvalue weighted by molar-refractivity contribution is 0.252. The summed E-state index contributed by atoms with van der Waals surface area (Å²) < 4.78 is 5.95. The van der Waals surface area contributed by atoms with Crippen molar-refractivity contribution in [1.29, 1.82) is 0 Å². The summed E-state index contributed by atoms with van der Waals surface area (Å²) in [5, 5.41) is 4.19. The Morgan fingerprint density at radius 1 is 1.28 bits per heavy atom. The van der Waals surface area contributed by atoms with Crippen molar-refractivity contribution in [3.05, 3.63) is 16.3 Å². The van der Waals surface area contributed by atoms with Crippen LogP contribution in [0.25, 0.3) is 0 Å². The quantitative estimate of drug-likeness (QED) is 0.582. The monoisotopic (exact) mass is 278 g/mol. The maximum Gasteiger partial charge on any atom is 0.145 e. The molecule has 3 heteroatoms. The predicted molar refractivity (Wildman–Crippen MR) is 82.0 cm³/mol. The maximum absolute atomic E-state index is 5.95. The Hall–Kier alpha value is -0.723. The molecule has 1 heterocycles. The molecule has 1 aromatic heterocycles. The first-order chi connectivity index (χ1) is 8.54. The van der Waals surface area contributed by atoms with E-state index in [9.17, 15) is 0 Å². The zero-order valence-corrected chi connectivity index (χ0v) is 13.4. The van der Waals surface area contributed by atoms with E-state index in [2.05, 4.69) is 41.9 Å². The molecule has 0 atom stereocenters. The number of rotatable bonds is 3. The molecule has 0 unspecified atom stereocenters. The molecule has 0 bridgehead atoms. The smallest absolute Gasteiger partial charge is 0.145 e. The minimum atomic E-state index is -1.30. The second-order valence-corrected chi connectivity index (χ2v) is 11.6. The van der Waals surface area contributed by atoms with Gasteiger partial charge in [-0.05, 0) is 18.8 Å². The Morgan fingerprint density at radius 2 is 2.00 bits per heavy atom. The van der Waals surface area contributed by atoms with Crippen LogP contribution in [0.3, 0.4) is 0 Å². The predicted octanol–water partition coefficient (Wildman–Crippen LogP) is 4.55. The summed E-state index contributed by atoms with van der Waals surface area (Å²) in [6.45, 7) is 7.68. The summed E-state index contributed by atoms with van der Waals surface area (Å²) in [5.74, 6) is 5.07. The van der Waals surface area contributed by atoms with E-state index in [0.29, 0.717) is 0 Å². The van der Waals surface area contributed by atoms with E-state index in [1.54, 1.807) is 11.3 Å². The average molecular weight is 278 g/mol. The van der Waals surface area contributed by atoms with Crippen LogP contribution in [0.4, 0.5) is 0 Å². The van der Waals surface area contributed by atoms with Crippen LogP contribution in [0.2, 0.25) is 19.6 Å². The fourth-order valence-corrected chi connectivity index (χ4v) is 3.34. The van der Waals surface area contributed by atoms with Crippen molar-refractivity contribution in [2.75, 3.05) is 6.61 Å². The summed E-state index contributed by atoms with van der Waals surface area (Å²) >= 11 is 1.69. The molecule has 1 nitrogen and oxygen atoms in total. The summed E-state index contributed by atoms with van der Waals surface area (Å²) in [7, 11) is -1.30. The highest BCUT2D eigenvalue weighted by molar-refractivity contribution is 7.08. The molecular formula is C15H22OSSi. The Labute approximate surface area is 116 Å². The van der Waals surface area contributed by atoms with E-state index in [-0.39, 0.29) is 0 Å². The lowest BCUT2D eigenvalue weighted by atomic mass is 10.1. The van der Waals surface area contributed by atoms with Crippen molar-refractivity contribution in [2.45, 2.75) is 45.3 Å². The third-order valence-corrected chi connectivity index (χ3v) is 4.74. The van der Waals surface area contributed by atoms with Crippen LogP contribution in [-0.4, -0.2) is 14.7 Å². The van der Waals surface area contributed by atoms with E-state index in [1.165, 1.54) is 25.7 Å². The fraction of sp³-hybridized carbons (Fsp3) is 0.600. The normalized spacial score (nSPS) is 16.4. The van der Waals surface area contributed by atoms with Gasteiger partial charge in [-0.15, -0.1) is 16.9 Å². The van der Waals surface area contributed by atoms with Gasteiger partial charge in [0.05, 0.1) is 12.2 Å². The van der Waals surface area contributed by atoms with Crippen LogP contribution in [-0.2, 0) is 0 Å². The maximum atomic E-state index is 5.95. The van der Waals surface area contributed by atoms with Gasteiger partial charge in [0.25, 0.3) is 0 Å². The van der Waals surface area contributed by atoms with E-state index in [1.807, 2.05) is 0 Å². The van der Waals surface area contributed by atoms with Crippen LogP contribution in [0.15, 0.2) is 10.8 Å². The van der Waals surface area contributed by atoms with E-state index in [0.717, 1.165) is 23.8 Å². The molecule has 1 aromatic rings. The highest BCUT2D eigenvalue weighted by Gasteiger charge is 2.16. The Bertz CT molecular complexity index is 441. The topological polar surface area (TPSA) is 9.23 Å². The fourth-order valence-electron chi connectivity index (χ4n) is 2.13. The molecule has 0 aliphatic heterocycles. The highest BCUT2D eigenvalue weighted by atomic mass is 32.1. The van der Waals surface area contributed by atoms with Crippen molar-refractivity contribution < 1.29 is 4.74 Å². The van der Waals surface area contributed by atoms with Crippen molar-refractivity contribution >= 4 is 19.4 Å². The average Bonchev–Trinajstić information content (AvgIpc) is 2.94. The van der Waals surface area contributed by atoms with E-state index >= 15 is 0 Å². The van der Waals surface area contributed by atoms with Crippen LogP contribution < -0.4 is 4.74 Å². The van der Waals surface area contributed by atoms with Gasteiger partial charge in [-0.1, -0.05) is 38.4 Å². The molecule has 98 valence electrons.